The molecule has 0 aliphatic carbocycles. The maximum absolute atomic E-state index is 12.6. The lowest BCUT2D eigenvalue weighted by molar-refractivity contribution is -0.287. The van der Waals surface area contributed by atoms with Crippen molar-refractivity contribution in [2.75, 3.05) is 7.11 Å². The number of esters is 2. The van der Waals surface area contributed by atoms with E-state index in [1.54, 1.807) is 19.1 Å². The van der Waals surface area contributed by atoms with Gasteiger partial charge in [-0.1, -0.05) is 54.6 Å². The highest BCUT2D eigenvalue weighted by atomic mass is 16.7. The lowest BCUT2D eigenvalue weighted by atomic mass is 9.97. The minimum absolute atomic E-state index is 0.676. The smallest absolute Gasteiger partial charge is 0.337 e. The third kappa shape index (κ3) is 4.52. The number of aliphatic hydroxyl groups excluding tert-OH is 3. The summed E-state index contributed by atoms with van der Waals surface area (Å²) in [5, 5.41) is 29.9. The number of aliphatic hydroxyl groups is 3. The molecular weight excluding hydrogens is 392 g/mol. The molecule has 1 saturated heterocycles. The Balaban J connectivity index is 1.69. The third-order valence-electron chi connectivity index (χ3n) is 5.11. The van der Waals surface area contributed by atoms with Crippen molar-refractivity contribution in [1.29, 1.82) is 0 Å². The van der Waals surface area contributed by atoms with Gasteiger partial charge in [0.25, 0.3) is 0 Å². The fraction of sp³-hybridized carbons (Fsp3) is 0.364. The predicted molar refractivity (Wildman–Crippen MR) is 105 cm³/mol. The van der Waals surface area contributed by atoms with Crippen LogP contribution in [0.4, 0.5) is 0 Å². The summed E-state index contributed by atoms with van der Waals surface area (Å²) < 4.78 is 14.9. The molecular formula is C22H24O8. The summed E-state index contributed by atoms with van der Waals surface area (Å²) in [6.07, 6.45) is -8.42. The molecule has 2 aromatic rings. The Labute approximate surface area is 173 Å². The second kappa shape index (κ2) is 9.36. The van der Waals surface area contributed by atoms with Crippen LogP contribution >= 0.6 is 0 Å². The SMILES string of the molecule is COC(=O)[C@H]1O[C@@H](OC(=O)[C@H](C)c2ccc(-c3ccccc3)cc2)[C@H](O)[C@@H](O)[C@@H]1O. The molecule has 1 fully saturated rings. The molecule has 8 nitrogen and oxygen atoms in total. The van der Waals surface area contributed by atoms with Crippen molar-refractivity contribution in [2.45, 2.75) is 43.5 Å². The monoisotopic (exact) mass is 416 g/mol. The van der Waals surface area contributed by atoms with E-state index in [0.717, 1.165) is 18.2 Å². The molecule has 1 heterocycles. The lowest BCUT2D eigenvalue weighted by Gasteiger charge is -2.38. The molecule has 1 aliphatic rings. The van der Waals surface area contributed by atoms with E-state index in [1.807, 2.05) is 42.5 Å². The number of rotatable bonds is 5. The first kappa shape index (κ1) is 21.9. The number of hydrogen-bond donors (Lipinski definition) is 3. The zero-order chi connectivity index (χ0) is 21.8. The third-order valence-corrected chi connectivity index (χ3v) is 5.11. The highest BCUT2D eigenvalue weighted by Gasteiger charge is 2.49. The van der Waals surface area contributed by atoms with Crippen molar-refractivity contribution in [2.24, 2.45) is 0 Å². The lowest BCUT2D eigenvalue weighted by Crippen LogP contribution is -2.60. The van der Waals surface area contributed by atoms with Gasteiger partial charge in [-0.3, -0.25) is 4.79 Å². The van der Waals surface area contributed by atoms with Gasteiger partial charge in [-0.2, -0.15) is 0 Å². The summed E-state index contributed by atoms with van der Waals surface area (Å²) in [5.74, 6) is -2.39. The van der Waals surface area contributed by atoms with Gasteiger partial charge in [-0.25, -0.2) is 4.79 Å². The largest absolute Gasteiger partial charge is 0.467 e. The second-order valence-electron chi connectivity index (χ2n) is 7.07. The Hall–Kier alpha value is -2.78. The maximum Gasteiger partial charge on any atom is 0.337 e. The second-order valence-corrected chi connectivity index (χ2v) is 7.07. The number of methoxy groups -OCH3 is 1. The summed E-state index contributed by atoms with van der Waals surface area (Å²) in [4.78, 5) is 24.3. The van der Waals surface area contributed by atoms with Gasteiger partial charge in [-0.15, -0.1) is 0 Å². The average Bonchev–Trinajstić information content (AvgIpc) is 2.79. The first-order valence-electron chi connectivity index (χ1n) is 9.47. The van der Waals surface area contributed by atoms with E-state index in [0.29, 0.717) is 5.56 Å². The van der Waals surface area contributed by atoms with E-state index in [-0.39, 0.29) is 0 Å². The van der Waals surface area contributed by atoms with Gasteiger partial charge in [0.2, 0.25) is 6.29 Å². The molecule has 2 aromatic carbocycles. The average molecular weight is 416 g/mol. The van der Waals surface area contributed by atoms with Crippen LogP contribution in [0.3, 0.4) is 0 Å². The van der Waals surface area contributed by atoms with E-state index in [2.05, 4.69) is 4.74 Å². The number of carbonyl (C=O) groups is 2. The number of hydrogen-bond acceptors (Lipinski definition) is 8. The van der Waals surface area contributed by atoms with E-state index >= 15 is 0 Å². The van der Waals surface area contributed by atoms with Crippen molar-refractivity contribution in [3.05, 3.63) is 60.2 Å². The summed E-state index contributed by atoms with van der Waals surface area (Å²) in [6.45, 7) is 1.62. The Morgan fingerprint density at radius 3 is 2.10 bits per heavy atom. The molecule has 6 atom stereocenters. The van der Waals surface area contributed by atoms with Crippen LogP contribution in [0.2, 0.25) is 0 Å². The molecule has 160 valence electrons. The van der Waals surface area contributed by atoms with Crippen LogP contribution in [-0.4, -0.2) is 65.1 Å². The van der Waals surface area contributed by atoms with E-state index in [1.165, 1.54) is 0 Å². The van der Waals surface area contributed by atoms with Crippen LogP contribution in [0.15, 0.2) is 54.6 Å². The van der Waals surface area contributed by atoms with Crippen molar-refractivity contribution in [3.63, 3.8) is 0 Å². The highest BCUT2D eigenvalue weighted by Crippen LogP contribution is 2.27. The van der Waals surface area contributed by atoms with E-state index in [4.69, 9.17) is 9.47 Å². The van der Waals surface area contributed by atoms with Crippen molar-refractivity contribution < 1.29 is 39.1 Å². The number of benzene rings is 2. The molecule has 0 radical (unpaired) electrons. The van der Waals surface area contributed by atoms with Crippen LogP contribution in [0.5, 0.6) is 0 Å². The van der Waals surface area contributed by atoms with Gasteiger partial charge in [-0.05, 0) is 23.6 Å². The van der Waals surface area contributed by atoms with Gasteiger partial charge in [0.1, 0.15) is 18.3 Å². The van der Waals surface area contributed by atoms with Crippen molar-refractivity contribution in [1.82, 2.24) is 0 Å². The van der Waals surface area contributed by atoms with Gasteiger partial charge in [0.15, 0.2) is 6.10 Å². The van der Waals surface area contributed by atoms with Gasteiger partial charge < -0.3 is 29.5 Å². The van der Waals surface area contributed by atoms with Crippen LogP contribution in [-0.2, 0) is 23.8 Å². The molecule has 30 heavy (non-hydrogen) atoms. The van der Waals surface area contributed by atoms with Crippen LogP contribution < -0.4 is 0 Å². The molecule has 0 saturated carbocycles. The topological polar surface area (TPSA) is 123 Å². The fourth-order valence-corrected chi connectivity index (χ4v) is 3.20. The zero-order valence-electron chi connectivity index (χ0n) is 16.5. The molecule has 8 heteroatoms. The Morgan fingerprint density at radius 2 is 1.50 bits per heavy atom. The molecule has 0 unspecified atom stereocenters. The maximum atomic E-state index is 12.6. The van der Waals surface area contributed by atoms with Crippen LogP contribution in [0, 0.1) is 0 Å². The minimum Gasteiger partial charge on any atom is -0.467 e. The van der Waals surface area contributed by atoms with Crippen molar-refractivity contribution in [3.8, 4) is 11.1 Å². The quantitative estimate of drug-likeness (QED) is 0.617. The predicted octanol–water partition coefficient (Wildman–Crippen LogP) is 0.981. The summed E-state index contributed by atoms with van der Waals surface area (Å²) in [5.41, 5.74) is 2.71. The summed E-state index contributed by atoms with van der Waals surface area (Å²) >= 11 is 0. The molecule has 3 rings (SSSR count). The molecule has 0 bridgehead atoms. The molecule has 0 spiro atoms. The zero-order valence-corrected chi connectivity index (χ0v) is 16.5. The van der Waals surface area contributed by atoms with E-state index < -0.39 is 48.6 Å². The summed E-state index contributed by atoms with van der Waals surface area (Å²) in [7, 11) is 1.08. The Bertz CT molecular complexity index is 866. The Kier molecular flexibility index (Phi) is 6.84. The first-order valence-corrected chi connectivity index (χ1v) is 9.47. The van der Waals surface area contributed by atoms with Gasteiger partial charge in [0.05, 0.1) is 13.0 Å². The Morgan fingerprint density at radius 1 is 0.900 bits per heavy atom. The fourth-order valence-electron chi connectivity index (χ4n) is 3.20. The van der Waals surface area contributed by atoms with Crippen molar-refractivity contribution >= 4 is 11.9 Å². The van der Waals surface area contributed by atoms with Gasteiger partial charge in [0, 0.05) is 0 Å². The van der Waals surface area contributed by atoms with E-state index in [9.17, 15) is 24.9 Å². The van der Waals surface area contributed by atoms with Crippen LogP contribution in [0.25, 0.3) is 11.1 Å². The first-order chi connectivity index (χ1) is 14.3. The molecule has 1 aliphatic heterocycles. The molecule has 0 amide bonds. The number of carbonyl (C=O) groups excluding carboxylic acids is 2. The summed E-state index contributed by atoms with van der Waals surface area (Å²) in [6, 6.07) is 17.1. The highest BCUT2D eigenvalue weighted by molar-refractivity contribution is 5.78. The normalized spacial score (nSPS) is 27.2. The van der Waals surface area contributed by atoms with Gasteiger partial charge >= 0.3 is 11.9 Å². The standard InChI is InChI=1S/C22H24O8/c1-12(13-8-10-15(11-9-13)14-6-4-3-5-7-14)20(26)30-22-18(25)16(23)17(24)19(29-22)21(27)28-2/h3-12,16-19,22-25H,1-2H3/t12-,16+,17+,18-,19+,22+/m1/s1. The molecule has 3 N–H and O–H groups in total. The number of ether oxygens (including phenoxy) is 3. The molecule has 0 aromatic heterocycles. The van der Waals surface area contributed by atoms with Crippen LogP contribution in [0.1, 0.15) is 18.4 Å². The minimum atomic E-state index is -1.75.